The molecule has 0 aliphatic heterocycles. The second-order valence-electron chi connectivity index (χ2n) is 7.02. The minimum atomic E-state index is -3.11. The van der Waals surface area contributed by atoms with Crippen molar-refractivity contribution in [3.05, 3.63) is 11.6 Å². The number of rotatable bonds is 9. The summed E-state index contributed by atoms with van der Waals surface area (Å²) in [6.45, 7) is 12.4. The highest BCUT2D eigenvalue weighted by Gasteiger charge is 2.20. The number of carbonyl (C=O) groups is 1. The molecule has 0 aliphatic carbocycles. The first-order chi connectivity index (χ1) is 9.33. The van der Waals surface area contributed by atoms with E-state index in [1.165, 1.54) is 13.2 Å². The van der Waals surface area contributed by atoms with Gasteiger partial charge in [0.2, 0.25) is 0 Å². The first-order valence-corrected chi connectivity index (χ1v) is 13.0. The van der Waals surface area contributed by atoms with Crippen LogP contribution in [0.4, 0.5) is 0 Å². The summed E-state index contributed by atoms with van der Waals surface area (Å²) >= 11 is 0. The average molecular weight is 335 g/mol. The summed E-state index contributed by atoms with van der Waals surface area (Å²) in [4.78, 5) is 11.4. The molecule has 0 aromatic heterocycles. The van der Waals surface area contributed by atoms with Gasteiger partial charge in [0.25, 0.3) is 0 Å². The molecule has 0 rings (SSSR count). The van der Waals surface area contributed by atoms with Gasteiger partial charge < -0.3 is 4.74 Å². The molecule has 0 saturated heterocycles. The third-order valence-electron chi connectivity index (χ3n) is 3.32. The molecular formula is C15H30O4SSi. The van der Waals surface area contributed by atoms with Crippen LogP contribution in [-0.2, 0) is 19.4 Å². The Morgan fingerprint density at radius 2 is 1.76 bits per heavy atom. The fraction of sp³-hybridized carbons (Fsp3) is 0.800. The molecule has 0 bridgehead atoms. The van der Waals surface area contributed by atoms with Crippen molar-refractivity contribution in [3.8, 4) is 0 Å². The molecule has 0 saturated carbocycles. The Bertz CT molecular complexity index is 474. The minimum Gasteiger partial charge on any atom is -0.374 e. The third-order valence-corrected chi connectivity index (χ3v) is 6.52. The van der Waals surface area contributed by atoms with Gasteiger partial charge >= 0.3 is 0 Å². The summed E-state index contributed by atoms with van der Waals surface area (Å²) in [5.41, 5.74) is 0.818. The highest BCUT2D eigenvalue weighted by Crippen LogP contribution is 2.17. The summed E-state index contributed by atoms with van der Waals surface area (Å²) in [6.07, 6.45) is 2.89. The van der Waals surface area contributed by atoms with Crippen LogP contribution in [0.25, 0.3) is 0 Å². The van der Waals surface area contributed by atoms with E-state index in [0.717, 1.165) is 11.6 Å². The van der Waals surface area contributed by atoms with Gasteiger partial charge in [-0.3, -0.25) is 4.79 Å². The molecule has 0 radical (unpaired) electrons. The molecule has 0 spiro atoms. The van der Waals surface area contributed by atoms with Crippen molar-refractivity contribution in [1.82, 2.24) is 0 Å². The lowest BCUT2D eigenvalue weighted by molar-refractivity contribution is -0.119. The maximum Gasteiger partial charge on any atom is 0.153 e. The summed E-state index contributed by atoms with van der Waals surface area (Å²) in [5.74, 6) is 0.0489. The maximum atomic E-state index is 11.5. The monoisotopic (exact) mass is 334 g/mol. The third kappa shape index (κ3) is 9.98. The van der Waals surface area contributed by atoms with Crippen molar-refractivity contribution in [1.29, 1.82) is 0 Å². The highest BCUT2D eigenvalue weighted by molar-refractivity contribution is 7.91. The lowest BCUT2D eigenvalue weighted by Crippen LogP contribution is -2.26. The fourth-order valence-electron chi connectivity index (χ4n) is 1.72. The van der Waals surface area contributed by atoms with Gasteiger partial charge in [-0.15, -0.1) is 0 Å². The Kier molecular flexibility index (Phi) is 8.06. The van der Waals surface area contributed by atoms with Gasteiger partial charge in [0.05, 0.1) is 11.4 Å². The lowest BCUT2D eigenvalue weighted by Gasteiger charge is -2.22. The highest BCUT2D eigenvalue weighted by atomic mass is 32.2. The fourth-order valence-corrected chi connectivity index (χ4v) is 2.91. The van der Waals surface area contributed by atoms with Crippen molar-refractivity contribution < 1.29 is 17.9 Å². The van der Waals surface area contributed by atoms with E-state index in [9.17, 15) is 13.2 Å². The summed E-state index contributed by atoms with van der Waals surface area (Å²) in [7, 11) is -4.30. The van der Waals surface area contributed by atoms with Crippen molar-refractivity contribution in [3.63, 3.8) is 0 Å². The molecule has 2 atom stereocenters. The van der Waals surface area contributed by atoms with Crippen LogP contribution in [-0.4, -0.2) is 46.5 Å². The molecule has 0 amide bonds. The molecule has 0 fully saturated rings. The number of sulfone groups is 1. The lowest BCUT2D eigenvalue weighted by atomic mass is 10.1. The quantitative estimate of drug-likeness (QED) is 0.480. The standard InChI is InChI=1S/C15H30O4SSi/c1-12(10-14(3)20(4,17)18)15(11-13(2)16)19-8-9-21(5,6)7/h10,14-15H,8-9,11H2,1-7H3/b12-10-/t14-,15+/m1/s1. The van der Waals surface area contributed by atoms with Crippen molar-refractivity contribution in [2.24, 2.45) is 0 Å². The number of carbonyl (C=O) groups excluding carboxylic acids is 1. The van der Waals surface area contributed by atoms with Gasteiger partial charge in [-0.05, 0) is 32.4 Å². The van der Waals surface area contributed by atoms with Crippen LogP contribution in [0, 0.1) is 0 Å². The largest absolute Gasteiger partial charge is 0.374 e. The Balaban J connectivity index is 4.89. The second-order valence-corrected chi connectivity index (χ2v) is 15.0. The molecule has 0 heterocycles. The number of hydrogen-bond donors (Lipinski definition) is 0. The van der Waals surface area contributed by atoms with Crippen LogP contribution < -0.4 is 0 Å². The van der Waals surface area contributed by atoms with Gasteiger partial charge in [0.15, 0.2) is 9.84 Å². The number of Topliss-reactive ketones (excluding diaryl/α,β-unsaturated/α-hetero) is 1. The first-order valence-electron chi connectivity index (χ1n) is 7.31. The number of ether oxygens (including phenoxy) is 1. The zero-order valence-electron chi connectivity index (χ0n) is 14.4. The van der Waals surface area contributed by atoms with E-state index in [2.05, 4.69) is 19.6 Å². The summed E-state index contributed by atoms with van der Waals surface area (Å²) in [5, 5.41) is -0.562. The van der Waals surface area contributed by atoms with Crippen molar-refractivity contribution >= 4 is 23.7 Å². The SMILES string of the molecule is CC(=O)C[C@H](OCC[Si](C)(C)C)/C(C)=C\[C@@H](C)S(C)(=O)=O. The molecule has 21 heavy (non-hydrogen) atoms. The molecular weight excluding hydrogens is 304 g/mol. The minimum absolute atomic E-state index is 0.0489. The van der Waals surface area contributed by atoms with E-state index in [1.807, 2.05) is 6.92 Å². The topological polar surface area (TPSA) is 60.4 Å². The van der Waals surface area contributed by atoms with Crippen LogP contribution >= 0.6 is 0 Å². The predicted molar refractivity (Wildman–Crippen MR) is 91.3 cm³/mol. The zero-order valence-corrected chi connectivity index (χ0v) is 16.2. The van der Waals surface area contributed by atoms with Crippen LogP contribution in [0.2, 0.25) is 25.7 Å². The number of hydrogen-bond acceptors (Lipinski definition) is 4. The molecule has 124 valence electrons. The molecule has 0 aliphatic rings. The summed E-state index contributed by atoms with van der Waals surface area (Å²) in [6, 6.07) is 1.02. The molecule has 0 N–H and O–H groups in total. The normalized spacial score (nSPS) is 16.6. The first kappa shape index (κ1) is 20.5. The van der Waals surface area contributed by atoms with Gasteiger partial charge in [-0.1, -0.05) is 25.7 Å². The second kappa shape index (κ2) is 8.24. The van der Waals surface area contributed by atoms with Gasteiger partial charge in [-0.2, -0.15) is 0 Å². The molecule has 0 aromatic carbocycles. The Labute approximate surface area is 130 Å². The number of ketones is 1. The Hall–Kier alpha value is -0.463. The molecule has 4 nitrogen and oxygen atoms in total. The van der Waals surface area contributed by atoms with E-state index in [-0.39, 0.29) is 11.9 Å². The summed E-state index contributed by atoms with van der Waals surface area (Å²) < 4.78 is 28.9. The van der Waals surface area contributed by atoms with Crippen LogP contribution in [0.15, 0.2) is 11.6 Å². The van der Waals surface area contributed by atoms with E-state index in [4.69, 9.17) is 4.74 Å². The van der Waals surface area contributed by atoms with E-state index < -0.39 is 23.2 Å². The van der Waals surface area contributed by atoms with Gasteiger partial charge in [-0.25, -0.2) is 8.42 Å². The Morgan fingerprint density at radius 3 is 2.14 bits per heavy atom. The zero-order chi connectivity index (χ0) is 16.8. The van der Waals surface area contributed by atoms with Crippen molar-refractivity contribution in [2.45, 2.75) is 64.2 Å². The van der Waals surface area contributed by atoms with E-state index >= 15 is 0 Å². The molecule has 0 aromatic rings. The van der Waals surface area contributed by atoms with Crippen LogP contribution in [0.1, 0.15) is 27.2 Å². The average Bonchev–Trinajstić information content (AvgIpc) is 2.23. The Morgan fingerprint density at radius 1 is 1.24 bits per heavy atom. The molecule has 6 heteroatoms. The predicted octanol–water partition coefficient (Wildman–Crippen LogP) is 3.07. The van der Waals surface area contributed by atoms with E-state index in [0.29, 0.717) is 13.0 Å². The molecule has 0 unspecified atom stereocenters. The van der Waals surface area contributed by atoms with Gasteiger partial charge in [0.1, 0.15) is 5.78 Å². The van der Waals surface area contributed by atoms with E-state index in [1.54, 1.807) is 13.0 Å². The van der Waals surface area contributed by atoms with Crippen LogP contribution in [0.5, 0.6) is 0 Å². The van der Waals surface area contributed by atoms with Gasteiger partial charge in [0, 0.05) is 27.4 Å². The van der Waals surface area contributed by atoms with Crippen LogP contribution in [0.3, 0.4) is 0 Å². The maximum absolute atomic E-state index is 11.5. The smallest absolute Gasteiger partial charge is 0.153 e. The van der Waals surface area contributed by atoms with Crippen molar-refractivity contribution in [2.75, 3.05) is 12.9 Å².